The van der Waals surface area contributed by atoms with Crippen LogP contribution in [0, 0.1) is 0 Å². The highest BCUT2D eigenvalue weighted by Gasteiger charge is 2.37. The number of carbonyl (C=O) groups excluding carboxylic acids is 2. The number of nitrogens with zero attached hydrogens (tertiary/aromatic N) is 4. The van der Waals surface area contributed by atoms with Gasteiger partial charge < -0.3 is 15.4 Å². The number of rotatable bonds is 5. The van der Waals surface area contributed by atoms with Crippen molar-refractivity contribution in [1.82, 2.24) is 9.80 Å². The third-order valence-corrected chi connectivity index (χ3v) is 5.65. The van der Waals surface area contributed by atoms with Crippen LogP contribution in [0.25, 0.3) is 0 Å². The van der Waals surface area contributed by atoms with E-state index in [4.69, 9.17) is 10.5 Å². The molecule has 1 aromatic carbocycles. The fourth-order valence-corrected chi connectivity index (χ4v) is 4.07. The van der Waals surface area contributed by atoms with Gasteiger partial charge in [0.2, 0.25) is 5.91 Å². The smallest absolute Gasteiger partial charge is 0.270 e. The summed E-state index contributed by atoms with van der Waals surface area (Å²) in [6, 6.07) is 8.73. The standard InChI is InChI=1S/C20H27N5O3/c21-19(26)18-13-17(22-25(18)15-5-2-1-3-6-15)20(27)24-10-8-23(9-11-24)14-16-7-4-12-28-16/h1-3,5-6,16,18H,4,7-14H2,(H2,21,26). The summed E-state index contributed by atoms with van der Waals surface area (Å²) < 4.78 is 5.71. The fraction of sp³-hybridized carbons (Fsp3) is 0.550. The van der Waals surface area contributed by atoms with E-state index in [-0.39, 0.29) is 12.3 Å². The lowest BCUT2D eigenvalue weighted by Crippen LogP contribution is -2.52. The first-order valence-electron chi connectivity index (χ1n) is 9.96. The van der Waals surface area contributed by atoms with Crippen LogP contribution in [0.2, 0.25) is 0 Å². The number of piperazine rings is 1. The first-order chi connectivity index (χ1) is 13.6. The minimum absolute atomic E-state index is 0.0959. The molecule has 0 bridgehead atoms. The van der Waals surface area contributed by atoms with Crippen molar-refractivity contribution < 1.29 is 14.3 Å². The van der Waals surface area contributed by atoms with Crippen LogP contribution in [0.4, 0.5) is 5.69 Å². The number of para-hydroxylation sites is 1. The third kappa shape index (κ3) is 4.02. The molecular formula is C20H27N5O3. The summed E-state index contributed by atoms with van der Waals surface area (Å²) in [7, 11) is 0. The molecule has 0 radical (unpaired) electrons. The molecule has 2 fully saturated rings. The molecule has 1 aromatic rings. The van der Waals surface area contributed by atoms with Crippen molar-refractivity contribution in [2.75, 3.05) is 44.3 Å². The third-order valence-electron chi connectivity index (χ3n) is 5.65. The van der Waals surface area contributed by atoms with Crippen LogP contribution in [0.15, 0.2) is 35.4 Å². The Morgan fingerprint density at radius 2 is 1.89 bits per heavy atom. The fourth-order valence-electron chi connectivity index (χ4n) is 4.07. The largest absolute Gasteiger partial charge is 0.377 e. The number of amides is 2. The molecule has 28 heavy (non-hydrogen) atoms. The number of primary amides is 1. The quantitative estimate of drug-likeness (QED) is 0.794. The maximum atomic E-state index is 13.0. The highest BCUT2D eigenvalue weighted by Crippen LogP contribution is 2.25. The van der Waals surface area contributed by atoms with E-state index in [1.165, 1.54) is 0 Å². The Balaban J connectivity index is 1.38. The molecule has 2 atom stereocenters. The molecule has 0 aliphatic carbocycles. The van der Waals surface area contributed by atoms with E-state index in [1.54, 1.807) is 5.01 Å². The average Bonchev–Trinajstić information content (AvgIpc) is 3.39. The number of nitrogens with two attached hydrogens (primary N) is 1. The van der Waals surface area contributed by atoms with Crippen molar-refractivity contribution in [2.24, 2.45) is 10.8 Å². The maximum absolute atomic E-state index is 13.0. The second-order valence-corrected chi connectivity index (χ2v) is 7.58. The lowest BCUT2D eigenvalue weighted by atomic mass is 10.1. The molecule has 0 saturated carbocycles. The topological polar surface area (TPSA) is 91.5 Å². The van der Waals surface area contributed by atoms with Gasteiger partial charge in [0.1, 0.15) is 11.8 Å². The van der Waals surface area contributed by atoms with Gasteiger partial charge in [0, 0.05) is 45.8 Å². The second-order valence-electron chi connectivity index (χ2n) is 7.58. The first kappa shape index (κ1) is 18.9. The van der Waals surface area contributed by atoms with Gasteiger partial charge in [0.05, 0.1) is 11.8 Å². The normalized spacial score (nSPS) is 25.8. The monoisotopic (exact) mass is 385 g/mol. The van der Waals surface area contributed by atoms with Crippen LogP contribution in [-0.2, 0) is 14.3 Å². The zero-order valence-corrected chi connectivity index (χ0v) is 16.0. The minimum Gasteiger partial charge on any atom is -0.377 e. The van der Waals surface area contributed by atoms with Gasteiger partial charge >= 0.3 is 0 Å². The summed E-state index contributed by atoms with van der Waals surface area (Å²) in [6.45, 7) is 4.80. The summed E-state index contributed by atoms with van der Waals surface area (Å²) in [4.78, 5) is 29.1. The Bertz CT molecular complexity index is 739. The predicted octanol–water partition coefficient (Wildman–Crippen LogP) is 0.430. The number of hydrogen-bond donors (Lipinski definition) is 1. The van der Waals surface area contributed by atoms with E-state index in [2.05, 4.69) is 10.0 Å². The number of hydrazone groups is 1. The molecule has 2 N–H and O–H groups in total. The molecule has 0 aromatic heterocycles. The van der Waals surface area contributed by atoms with Gasteiger partial charge in [-0.15, -0.1) is 0 Å². The van der Waals surface area contributed by atoms with E-state index in [0.29, 0.717) is 24.9 Å². The zero-order valence-electron chi connectivity index (χ0n) is 16.0. The van der Waals surface area contributed by atoms with E-state index >= 15 is 0 Å². The second kappa shape index (κ2) is 8.28. The number of ether oxygens (including phenoxy) is 1. The molecule has 2 amide bonds. The van der Waals surface area contributed by atoms with Crippen LogP contribution in [0.1, 0.15) is 19.3 Å². The van der Waals surface area contributed by atoms with Crippen molar-refractivity contribution in [3.8, 4) is 0 Å². The highest BCUT2D eigenvalue weighted by molar-refractivity contribution is 6.40. The van der Waals surface area contributed by atoms with E-state index in [1.807, 2.05) is 35.2 Å². The van der Waals surface area contributed by atoms with Crippen molar-refractivity contribution in [2.45, 2.75) is 31.4 Å². The van der Waals surface area contributed by atoms with Gasteiger partial charge in [-0.1, -0.05) is 18.2 Å². The number of anilines is 1. The molecule has 2 saturated heterocycles. The Morgan fingerprint density at radius 3 is 2.54 bits per heavy atom. The van der Waals surface area contributed by atoms with Crippen molar-refractivity contribution in [1.29, 1.82) is 0 Å². The highest BCUT2D eigenvalue weighted by atomic mass is 16.5. The summed E-state index contributed by atoms with van der Waals surface area (Å²) in [6.07, 6.45) is 2.85. The van der Waals surface area contributed by atoms with Gasteiger partial charge in [0.15, 0.2) is 0 Å². The molecule has 3 heterocycles. The summed E-state index contributed by atoms with van der Waals surface area (Å²) in [5.41, 5.74) is 6.73. The van der Waals surface area contributed by atoms with Crippen molar-refractivity contribution in [3.63, 3.8) is 0 Å². The van der Waals surface area contributed by atoms with Crippen molar-refractivity contribution in [3.05, 3.63) is 30.3 Å². The summed E-state index contributed by atoms with van der Waals surface area (Å²) in [5, 5.41) is 6.04. The Morgan fingerprint density at radius 1 is 1.14 bits per heavy atom. The van der Waals surface area contributed by atoms with Crippen LogP contribution in [0.3, 0.4) is 0 Å². The maximum Gasteiger partial charge on any atom is 0.270 e. The van der Waals surface area contributed by atoms with E-state index in [9.17, 15) is 9.59 Å². The Labute approximate surface area is 164 Å². The lowest BCUT2D eigenvalue weighted by molar-refractivity contribution is -0.126. The van der Waals surface area contributed by atoms with Crippen LogP contribution in [0.5, 0.6) is 0 Å². The lowest BCUT2D eigenvalue weighted by Gasteiger charge is -2.35. The summed E-state index contributed by atoms with van der Waals surface area (Å²) >= 11 is 0. The average molecular weight is 385 g/mol. The number of benzene rings is 1. The number of hydrogen-bond acceptors (Lipinski definition) is 6. The van der Waals surface area contributed by atoms with Crippen LogP contribution < -0.4 is 10.7 Å². The number of carbonyl (C=O) groups is 2. The first-order valence-corrected chi connectivity index (χ1v) is 9.96. The van der Waals surface area contributed by atoms with Crippen molar-refractivity contribution >= 4 is 23.2 Å². The van der Waals surface area contributed by atoms with Gasteiger partial charge in [-0.2, -0.15) is 5.10 Å². The molecule has 4 rings (SSSR count). The van der Waals surface area contributed by atoms with E-state index in [0.717, 1.165) is 44.8 Å². The molecule has 3 aliphatic heterocycles. The SMILES string of the molecule is NC(=O)C1CC(C(=O)N2CCN(CC3CCCO3)CC2)=NN1c1ccccc1. The van der Waals surface area contributed by atoms with E-state index < -0.39 is 11.9 Å². The molecule has 8 heteroatoms. The van der Waals surface area contributed by atoms with Crippen LogP contribution in [-0.4, -0.2) is 78.8 Å². The van der Waals surface area contributed by atoms with Gasteiger partial charge in [0.25, 0.3) is 5.91 Å². The molecular weight excluding hydrogens is 358 g/mol. The molecule has 8 nitrogen and oxygen atoms in total. The van der Waals surface area contributed by atoms with Crippen LogP contribution >= 0.6 is 0 Å². The molecule has 3 aliphatic rings. The zero-order chi connectivity index (χ0) is 19.5. The Hall–Kier alpha value is -2.45. The molecule has 150 valence electrons. The van der Waals surface area contributed by atoms with Gasteiger partial charge in [-0.3, -0.25) is 19.5 Å². The predicted molar refractivity (Wildman–Crippen MR) is 106 cm³/mol. The summed E-state index contributed by atoms with van der Waals surface area (Å²) in [5.74, 6) is -0.571. The van der Waals surface area contributed by atoms with Gasteiger partial charge in [-0.25, -0.2) is 0 Å². The molecule has 2 unspecified atom stereocenters. The Kier molecular flexibility index (Phi) is 5.59. The molecule has 0 spiro atoms. The minimum atomic E-state index is -0.623. The van der Waals surface area contributed by atoms with Gasteiger partial charge in [-0.05, 0) is 25.0 Å².